The van der Waals surface area contributed by atoms with Crippen LogP contribution in [0.4, 0.5) is 5.69 Å². The number of hydrogen-bond acceptors (Lipinski definition) is 9. The van der Waals surface area contributed by atoms with Crippen molar-refractivity contribution in [2.45, 2.75) is 27.0 Å². The molecule has 0 unspecified atom stereocenters. The lowest BCUT2D eigenvalue weighted by Crippen LogP contribution is -2.25. The van der Waals surface area contributed by atoms with Crippen LogP contribution in [-0.2, 0) is 19.1 Å². The topological polar surface area (TPSA) is 138 Å². The Balaban J connectivity index is 2.05. The number of carbonyl (C=O) groups is 3. The van der Waals surface area contributed by atoms with Crippen molar-refractivity contribution in [2.75, 3.05) is 0 Å². The average Bonchev–Trinajstić information content (AvgIpc) is 3.12. The summed E-state index contributed by atoms with van der Waals surface area (Å²) in [5, 5.41) is 16.4. The van der Waals surface area contributed by atoms with E-state index in [4.69, 9.17) is 25.8 Å². The van der Waals surface area contributed by atoms with Gasteiger partial charge in [0, 0.05) is 49.6 Å². The van der Waals surface area contributed by atoms with Gasteiger partial charge < -0.3 is 14.2 Å². The molecule has 0 spiro atoms. The summed E-state index contributed by atoms with van der Waals surface area (Å²) in [6.07, 6.45) is -1.20. The normalized spacial score (nSPS) is 14.9. The molecule has 0 saturated carbocycles. The molecule has 32 heavy (non-hydrogen) atoms. The Morgan fingerprint density at radius 1 is 1.09 bits per heavy atom. The quantitative estimate of drug-likeness (QED) is 0.286. The summed E-state index contributed by atoms with van der Waals surface area (Å²) in [4.78, 5) is 45.5. The lowest BCUT2D eigenvalue weighted by atomic mass is 10.1. The third kappa shape index (κ3) is 4.83. The van der Waals surface area contributed by atoms with E-state index in [1.165, 1.54) is 57.2 Å². The summed E-state index contributed by atoms with van der Waals surface area (Å²) in [6, 6.07) is 7.83. The van der Waals surface area contributed by atoms with Crippen LogP contribution in [0.15, 0.2) is 41.5 Å². The third-order valence-electron chi connectivity index (χ3n) is 4.12. The molecule has 3 rings (SSSR count). The van der Waals surface area contributed by atoms with Crippen LogP contribution in [0.5, 0.6) is 11.5 Å². The zero-order chi connectivity index (χ0) is 23.6. The highest BCUT2D eigenvalue weighted by atomic mass is 35.5. The fraction of sp³-hybridized carbons (Fsp3) is 0.200. The molecule has 2 aromatic carbocycles. The predicted octanol–water partition coefficient (Wildman–Crippen LogP) is 3.34. The van der Waals surface area contributed by atoms with Gasteiger partial charge in [0.2, 0.25) is 18.0 Å². The fourth-order valence-corrected chi connectivity index (χ4v) is 3.07. The molecule has 0 N–H and O–H groups in total. The van der Waals surface area contributed by atoms with Gasteiger partial charge in [-0.25, -0.2) is 0 Å². The molecule has 0 saturated heterocycles. The second-order valence-electron chi connectivity index (χ2n) is 6.55. The number of nitro groups is 1. The number of hydrazone groups is 1. The van der Waals surface area contributed by atoms with Crippen molar-refractivity contribution in [1.29, 1.82) is 0 Å². The van der Waals surface area contributed by atoms with Crippen LogP contribution < -0.4 is 9.47 Å². The number of nitro benzene ring substituents is 1. The standard InChI is InChI=1S/C20H16ClN3O8/c1-10(25)23-20(16-8-13(24(28)29)4-7-17(16)21)32-19(22-23)15-6-5-14(30-11(2)26)9-18(15)31-12(3)27/h4-9,20H,1-3H3/t20-/m1/s1. The van der Waals surface area contributed by atoms with Crippen molar-refractivity contribution in [3.8, 4) is 11.5 Å². The minimum absolute atomic E-state index is 0.0377. The highest BCUT2D eigenvalue weighted by Crippen LogP contribution is 2.38. The Kier molecular flexibility index (Phi) is 6.40. The summed E-state index contributed by atoms with van der Waals surface area (Å²) >= 11 is 6.20. The van der Waals surface area contributed by atoms with Crippen molar-refractivity contribution in [3.63, 3.8) is 0 Å². The lowest BCUT2D eigenvalue weighted by Gasteiger charge is -2.20. The summed E-state index contributed by atoms with van der Waals surface area (Å²) in [6.45, 7) is 3.61. The predicted molar refractivity (Wildman–Crippen MR) is 110 cm³/mol. The number of nitrogens with zero attached hydrogens (tertiary/aromatic N) is 3. The minimum Gasteiger partial charge on any atom is -0.446 e. The number of hydrogen-bond donors (Lipinski definition) is 0. The highest BCUT2D eigenvalue weighted by Gasteiger charge is 2.36. The molecule has 0 radical (unpaired) electrons. The van der Waals surface area contributed by atoms with E-state index in [1.807, 2.05) is 0 Å². The van der Waals surface area contributed by atoms with E-state index in [-0.39, 0.29) is 39.2 Å². The lowest BCUT2D eigenvalue weighted by molar-refractivity contribution is -0.385. The zero-order valence-corrected chi connectivity index (χ0v) is 17.8. The molecule has 0 aromatic heterocycles. The van der Waals surface area contributed by atoms with Crippen molar-refractivity contribution in [1.82, 2.24) is 5.01 Å². The van der Waals surface area contributed by atoms with Gasteiger partial charge in [0.25, 0.3) is 5.69 Å². The second kappa shape index (κ2) is 9.02. The van der Waals surface area contributed by atoms with Crippen molar-refractivity contribution < 1.29 is 33.5 Å². The molecule has 12 heteroatoms. The number of halogens is 1. The van der Waals surface area contributed by atoms with Gasteiger partial charge in [-0.1, -0.05) is 11.6 Å². The van der Waals surface area contributed by atoms with E-state index in [9.17, 15) is 24.5 Å². The second-order valence-corrected chi connectivity index (χ2v) is 6.95. The van der Waals surface area contributed by atoms with E-state index in [1.54, 1.807) is 0 Å². The van der Waals surface area contributed by atoms with Gasteiger partial charge in [-0.3, -0.25) is 24.5 Å². The minimum atomic E-state index is -1.20. The van der Waals surface area contributed by atoms with Gasteiger partial charge in [-0.2, -0.15) is 5.01 Å². The summed E-state index contributed by atoms with van der Waals surface area (Å²) in [7, 11) is 0. The number of ether oxygens (including phenoxy) is 3. The first kappa shape index (κ1) is 22.7. The van der Waals surface area contributed by atoms with Crippen LogP contribution in [-0.4, -0.2) is 33.7 Å². The van der Waals surface area contributed by atoms with Gasteiger partial charge in [-0.05, 0) is 18.2 Å². The Labute approximate surface area is 186 Å². The maximum absolute atomic E-state index is 12.2. The number of benzene rings is 2. The van der Waals surface area contributed by atoms with E-state index in [0.29, 0.717) is 0 Å². The molecule has 1 amide bonds. The van der Waals surface area contributed by atoms with E-state index in [2.05, 4.69) is 5.10 Å². The molecule has 0 fully saturated rings. The van der Waals surface area contributed by atoms with Crippen LogP contribution >= 0.6 is 11.6 Å². The van der Waals surface area contributed by atoms with Crippen molar-refractivity contribution >= 4 is 41.0 Å². The average molecular weight is 462 g/mol. The number of rotatable bonds is 5. The SMILES string of the molecule is CC(=O)Oc1ccc(C2=NN(C(C)=O)[C@@H](c3cc([N+](=O)[O-])ccc3Cl)O2)c(OC(C)=O)c1. The first-order valence-electron chi connectivity index (χ1n) is 9.07. The molecule has 166 valence electrons. The summed E-state index contributed by atoms with van der Waals surface area (Å²) < 4.78 is 16.0. The van der Waals surface area contributed by atoms with Crippen LogP contribution in [0.3, 0.4) is 0 Å². The van der Waals surface area contributed by atoms with Gasteiger partial charge in [0.15, 0.2) is 0 Å². The molecule has 1 aliphatic rings. The first-order chi connectivity index (χ1) is 15.1. The Morgan fingerprint density at radius 2 is 1.78 bits per heavy atom. The molecule has 0 bridgehead atoms. The molecular weight excluding hydrogens is 446 g/mol. The molecule has 1 aliphatic heterocycles. The maximum atomic E-state index is 12.2. The van der Waals surface area contributed by atoms with Gasteiger partial charge in [-0.15, -0.1) is 5.10 Å². The van der Waals surface area contributed by atoms with Crippen molar-refractivity contribution in [2.24, 2.45) is 5.10 Å². The monoisotopic (exact) mass is 461 g/mol. The van der Waals surface area contributed by atoms with Gasteiger partial charge in [0.05, 0.1) is 10.5 Å². The van der Waals surface area contributed by atoms with E-state index >= 15 is 0 Å². The molecule has 0 aliphatic carbocycles. The molecule has 11 nitrogen and oxygen atoms in total. The number of carbonyl (C=O) groups excluding carboxylic acids is 3. The Morgan fingerprint density at radius 3 is 2.38 bits per heavy atom. The first-order valence-corrected chi connectivity index (χ1v) is 9.44. The van der Waals surface area contributed by atoms with E-state index < -0.39 is 29.0 Å². The van der Waals surface area contributed by atoms with Crippen LogP contribution in [0.2, 0.25) is 5.02 Å². The van der Waals surface area contributed by atoms with Crippen molar-refractivity contribution in [3.05, 3.63) is 62.7 Å². The third-order valence-corrected chi connectivity index (χ3v) is 4.47. The molecular formula is C20H16ClN3O8. The fourth-order valence-electron chi connectivity index (χ4n) is 2.86. The highest BCUT2D eigenvalue weighted by molar-refractivity contribution is 6.31. The largest absolute Gasteiger partial charge is 0.446 e. The molecule has 2 aromatic rings. The van der Waals surface area contributed by atoms with Gasteiger partial charge >= 0.3 is 11.9 Å². The van der Waals surface area contributed by atoms with Crippen LogP contribution in [0, 0.1) is 10.1 Å². The number of amides is 1. The number of non-ortho nitro benzene ring substituents is 1. The maximum Gasteiger partial charge on any atom is 0.308 e. The van der Waals surface area contributed by atoms with Crippen LogP contribution in [0.25, 0.3) is 0 Å². The summed E-state index contributed by atoms with van der Waals surface area (Å²) in [5.41, 5.74) is 0.0584. The zero-order valence-electron chi connectivity index (χ0n) is 17.0. The van der Waals surface area contributed by atoms with Crippen LogP contribution in [0.1, 0.15) is 38.1 Å². The molecule has 1 atom stereocenters. The molecule has 1 heterocycles. The smallest absolute Gasteiger partial charge is 0.308 e. The summed E-state index contributed by atoms with van der Waals surface area (Å²) in [5.74, 6) is -1.81. The Hall–Kier alpha value is -3.99. The number of esters is 2. The Bertz CT molecular complexity index is 1160. The van der Waals surface area contributed by atoms with Gasteiger partial charge in [0.1, 0.15) is 11.5 Å². The van der Waals surface area contributed by atoms with E-state index in [0.717, 1.165) is 5.01 Å².